The summed E-state index contributed by atoms with van der Waals surface area (Å²) in [6.45, 7) is 6.78. The van der Waals surface area contributed by atoms with Crippen LogP contribution in [0.5, 0.6) is 0 Å². The van der Waals surface area contributed by atoms with E-state index >= 15 is 0 Å². The van der Waals surface area contributed by atoms with Crippen LogP contribution in [0.1, 0.15) is 88.6 Å². The van der Waals surface area contributed by atoms with E-state index in [2.05, 4.69) is 294 Å². The van der Waals surface area contributed by atoms with Gasteiger partial charge in [0.1, 0.15) is 16.8 Å². The Morgan fingerprint density at radius 2 is 0.388 bits per heavy atom. The molecular formula is C63H57BO3. The van der Waals surface area contributed by atoms with Crippen molar-refractivity contribution in [2.24, 2.45) is 0 Å². The fourth-order valence-corrected chi connectivity index (χ4v) is 10.3. The summed E-state index contributed by atoms with van der Waals surface area (Å²) in [5.74, 6) is -0.758. The van der Waals surface area contributed by atoms with Crippen LogP contribution in [0.4, 0.5) is 0 Å². The molecule has 330 valence electrons. The lowest BCUT2D eigenvalue weighted by Gasteiger charge is -2.49. The van der Waals surface area contributed by atoms with Crippen LogP contribution in [0.3, 0.4) is 0 Å². The van der Waals surface area contributed by atoms with E-state index in [-0.39, 0.29) is 17.8 Å². The molecule has 9 rings (SSSR count). The summed E-state index contributed by atoms with van der Waals surface area (Å²) in [6.07, 6.45) is 0. The molecule has 9 aromatic carbocycles. The highest BCUT2D eigenvalue weighted by molar-refractivity contribution is 6.37. The van der Waals surface area contributed by atoms with Gasteiger partial charge in [0, 0.05) is 17.8 Å². The Hall–Kier alpha value is -7.08. The molecule has 0 radical (unpaired) electrons. The average molecular weight is 873 g/mol. The molecule has 0 heterocycles. The molecule has 0 aliphatic rings. The minimum absolute atomic E-state index is 0.253. The summed E-state index contributed by atoms with van der Waals surface area (Å²) in [7, 11) is -1.36. The summed E-state index contributed by atoms with van der Waals surface area (Å²) >= 11 is 0. The smallest absolute Gasteiger partial charge is 0.371 e. The number of hydrogen-bond acceptors (Lipinski definition) is 3. The van der Waals surface area contributed by atoms with Crippen LogP contribution in [-0.4, -0.2) is 7.32 Å². The van der Waals surface area contributed by atoms with Crippen molar-refractivity contribution in [1.82, 2.24) is 0 Å². The second kappa shape index (κ2) is 20.6. The Bertz CT molecular complexity index is 2410. The minimum Gasteiger partial charge on any atom is -0.371 e. The van der Waals surface area contributed by atoms with Crippen molar-refractivity contribution in [3.05, 3.63) is 323 Å². The predicted octanol–water partition coefficient (Wildman–Crippen LogP) is 15.3. The first-order chi connectivity index (χ1) is 33.0. The zero-order valence-corrected chi connectivity index (χ0v) is 38.5. The van der Waals surface area contributed by atoms with Gasteiger partial charge >= 0.3 is 7.32 Å². The van der Waals surface area contributed by atoms with Crippen LogP contribution in [0.15, 0.2) is 273 Å². The number of hydrogen-bond donors (Lipinski definition) is 0. The van der Waals surface area contributed by atoms with E-state index in [0.29, 0.717) is 0 Å². The van der Waals surface area contributed by atoms with E-state index < -0.39 is 24.1 Å². The summed E-state index contributed by atoms with van der Waals surface area (Å²) in [5.41, 5.74) is 5.64. The molecule has 67 heavy (non-hydrogen) atoms. The molecule has 0 N–H and O–H groups in total. The van der Waals surface area contributed by atoms with Gasteiger partial charge < -0.3 is 14.0 Å². The third-order valence-corrected chi connectivity index (χ3v) is 13.8. The molecular weight excluding hydrogens is 816 g/mol. The normalized spacial score (nSPS) is 13.3. The standard InChI is InChI=1S/C63H57BO3/c1-49(52-31-13-4-14-32-52)61(55-37-19-7-20-38-55,56-39-21-8-22-40-56)65-64(66-62(57-41-23-9-24-42-57,58-43-25-10-26-44-58)50(2)53-33-15-5-16-34-53)67-63(59-45-27-11-28-46-59,60-47-29-12-30-48-60)51(3)54-35-17-6-18-36-54/h4-51H,1-3H3. The zero-order valence-electron chi connectivity index (χ0n) is 38.5. The molecule has 3 nitrogen and oxygen atoms in total. The summed E-state index contributed by atoms with van der Waals surface area (Å²) in [4.78, 5) is 0. The molecule has 0 aliphatic heterocycles. The Balaban J connectivity index is 1.39. The highest BCUT2D eigenvalue weighted by atomic mass is 16.8. The summed E-state index contributed by atoms with van der Waals surface area (Å²) in [5, 5.41) is 0. The largest absolute Gasteiger partial charge is 0.642 e. The van der Waals surface area contributed by atoms with E-state index in [0.717, 1.165) is 50.1 Å². The average Bonchev–Trinajstić information content (AvgIpc) is 3.42. The van der Waals surface area contributed by atoms with Crippen molar-refractivity contribution in [2.45, 2.75) is 55.3 Å². The molecule has 0 saturated carbocycles. The van der Waals surface area contributed by atoms with Crippen LogP contribution < -0.4 is 0 Å². The van der Waals surface area contributed by atoms with Crippen molar-refractivity contribution >= 4 is 7.32 Å². The van der Waals surface area contributed by atoms with Crippen LogP contribution in [0.25, 0.3) is 0 Å². The van der Waals surface area contributed by atoms with Gasteiger partial charge in [0.15, 0.2) is 0 Å². The molecule has 0 amide bonds. The Labute approximate surface area is 397 Å². The SMILES string of the molecule is CC(c1ccccc1)C(OB(OC(c1ccccc1)(c1ccccc1)C(C)c1ccccc1)OC(c1ccccc1)(c1ccccc1)C(C)c1ccccc1)(c1ccccc1)c1ccccc1. The van der Waals surface area contributed by atoms with E-state index in [1.165, 1.54) is 0 Å². The Morgan fingerprint density at radius 3 is 0.552 bits per heavy atom. The first-order valence-corrected chi connectivity index (χ1v) is 23.5. The van der Waals surface area contributed by atoms with Crippen molar-refractivity contribution in [2.75, 3.05) is 0 Å². The van der Waals surface area contributed by atoms with Gasteiger partial charge in [0.05, 0.1) is 0 Å². The Kier molecular flexibility index (Phi) is 13.9. The quantitative estimate of drug-likeness (QED) is 0.0804. The van der Waals surface area contributed by atoms with E-state index in [1.807, 2.05) is 0 Å². The van der Waals surface area contributed by atoms with Gasteiger partial charge in [-0.3, -0.25) is 0 Å². The maximum absolute atomic E-state index is 8.25. The Morgan fingerprint density at radius 1 is 0.239 bits per heavy atom. The topological polar surface area (TPSA) is 27.7 Å². The molecule has 9 aromatic rings. The third kappa shape index (κ3) is 8.97. The van der Waals surface area contributed by atoms with Gasteiger partial charge in [-0.05, 0) is 50.1 Å². The van der Waals surface area contributed by atoms with E-state index in [9.17, 15) is 0 Å². The van der Waals surface area contributed by atoms with Crippen molar-refractivity contribution in [3.63, 3.8) is 0 Å². The summed E-state index contributed by atoms with van der Waals surface area (Å²) in [6, 6.07) is 95.5. The lowest BCUT2D eigenvalue weighted by atomic mass is 9.70. The maximum Gasteiger partial charge on any atom is 0.642 e. The van der Waals surface area contributed by atoms with Gasteiger partial charge in [0.2, 0.25) is 0 Å². The molecule has 0 spiro atoms. The molecule has 0 saturated heterocycles. The van der Waals surface area contributed by atoms with Crippen molar-refractivity contribution in [3.8, 4) is 0 Å². The van der Waals surface area contributed by atoms with Gasteiger partial charge in [-0.2, -0.15) is 0 Å². The molecule has 3 atom stereocenters. The van der Waals surface area contributed by atoms with Gasteiger partial charge in [-0.1, -0.05) is 294 Å². The molecule has 0 fully saturated rings. The monoisotopic (exact) mass is 872 g/mol. The summed E-state index contributed by atoms with van der Waals surface area (Å²) < 4.78 is 24.8. The highest BCUT2D eigenvalue weighted by Crippen LogP contribution is 2.53. The van der Waals surface area contributed by atoms with Crippen molar-refractivity contribution < 1.29 is 14.0 Å². The maximum atomic E-state index is 8.25. The molecule has 0 aliphatic carbocycles. The fraction of sp³-hybridized carbons (Fsp3) is 0.143. The number of benzene rings is 9. The lowest BCUT2D eigenvalue weighted by molar-refractivity contribution is -0.0836. The number of rotatable bonds is 18. The molecule has 3 unspecified atom stereocenters. The second-order valence-corrected chi connectivity index (χ2v) is 17.4. The molecule has 0 aromatic heterocycles. The van der Waals surface area contributed by atoms with Gasteiger partial charge in [-0.15, -0.1) is 0 Å². The molecule has 0 bridgehead atoms. The van der Waals surface area contributed by atoms with Gasteiger partial charge in [0.25, 0.3) is 0 Å². The first kappa shape index (κ1) is 45.1. The third-order valence-electron chi connectivity index (χ3n) is 13.8. The van der Waals surface area contributed by atoms with Crippen LogP contribution in [0.2, 0.25) is 0 Å². The minimum atomic E-state index is -1.36. The lowest BCUT2D eigenvalue weighted by Crippen LogP contribution is -2.53. The van der Waals surface area contributed by atoms with Crippen molar-refractivity contribution in [1.29, 1.82) is 0 Å². The van der Waals surface area contributed by atoms with Crippen LogP contribution in [-0.2, 0) is 30.8 Å². The second-order valence-electron chi connectivity index (χ2n) is 17.4. The van der Waals surface area contributed by atoms with Gasteiger partial charge in [-0.25, -0.2) is 0 Å². The fourth-order valence-electron chi connectivity index (χ4n) is 10.3. The van der Waals surface area contributed by atoms with Crippen LogP contribution in [0, 0.1) is 0 Å². The molecule has 4 heteroatoms. The predicted molar refractivity (Wildman–Crippen MR) is 275 cm³/mol. The zero-order chi connectivity index (χ0) is 45.9. The van der Waals surface area contributed by atoms with E-state index in [4.69, 9.17) is 14.0 Å². The highest BCUT2D eigenvalue weighted by Gasteiger charge is 2.55. The van der Waals surface area contributed by atoms with E-state index in [1.54, 1.807) is 0 Å². The first-order valence-electron chi connectivity index (χ1n) is 23.5. The van der Waals surface area contributed by atoms with Crippen LogP contribution >= 0.6 is 0 Å².